The maximum atomic E-state index is 11.8. The van der Waals surface area contributed by atoms with E-state index in [1.54, 1.807) is 0 Å². The number of anilines is 1. The van der Waals surface area contributed by atoms with E-state index in [1.165, 1.54) is 31.0 Å². The van der Waals surface area contributed by atoms with Crippen molar-refractivity contribution >= 4 is 11.7 Å². The van der Waals surface area contributed by atoms with E-state index in [0.717, 1.165) is 0 Å². The second-order valence-electron chi connectivity index (χ2n) is 3.22. The first-order valence-electron chi connectivity index (χ1n) is 5.32. The monoisotopic (exact) mass is 245 g/mol. The average molecular weight is 245 g/mol. The summed E-state index contributed by atoms with van der Waals surface area (Å²) in [6.07, 6.45) is 5.73. The first kappa shape index (κ1) is 11.9. The fourth-order valence-corrected chi connectivity index (χ4v) is 1.23. The van der Waals surface area contributed by atoms with E-state index >= 15 is 0 Å². The molecule has 18 heavy (non-hydrogen) atoms. The minimum atomic E-state index is -0.390. The van der Waals surface area contributed by atoms with Crippen LogP contribution < -0.4 is 10.1 Å². The summed E-state index contributed by atoms with van der Waals surface area (Å²) < 4.78 is 5.19. The van der Waals surface area contributed by atoms with Crippen molar-refractivity contribution in [1.82, 2.24) is 19.9 Å². The molecule has 0 fully saturated rings. The Morgan fingerprint density at radius 2 is 2.22 bits per heavy atom. The minimum absolute atomic E-state index is 0.208. The number of nitrogens with zero attached hydrogens (tertiary/aromatic N) is 4. The number of hydrogen-bond donors (Lipinski definition) is 1. The van der Waals surface area contributed by atoms with Gasteiger partial charge < -0.3 is 10.1 Å². The van der Waals surface area contributed by atoms with Gasteiger partial charge in [0.25, 0.3) is 5.91 Å². The SMILES string of the molecule is CCOc1cc(C(=O)Nc2cnccn2)ncn1. The van der Waals surface area contributed by atoms with Gasteiger partial charge in [-0.15, -0.1) is 0 Å². The second-order valence-corrected chi connectivity index (χ2v) is 3.22. The molecule has 2 heterocycles. The van der Waals surface area contributed by atoms with Crippen LogP contribution in [0.1, 0.15) is 17.4 Å². The van der Waals surface area contributed by atoms with Crippen molar-refractivity contribution in [3.63, 3.8) is 0 Å². The molecule has 1 amide bonds. The van der Waals surface area contributed by atoms with Gasteiger partial charge in [0, 0.05) is 18.5 Å². The lowest BCUT2D eigenvalue weighted by Crippen LogP contribution is -2.15. The molecule has 0 spiro atoms. The van der Waals surface area contributed by atoms with E-state index in [1.807, 2.05) is 6.92 Å². The Hall–Kier alpha value is -2.57. The molecule has 0 unspecified atom stereocenters. The number of carbonyl (C=O) groups excluding carboxylic acids is 1. The van der Waals surface area contributed by atoms with Gasteiger partial charge >= 0.3 is 0 Å². The third-order valence-corrected chi connectivity index (χ3v) is 1.97. The number of hydrogen-bond acceptors (Lipinski definition) is 6. The quantitative estimate of drug-likeness (QED) is 0.861. The van der Waals surface area contributed by atoms with Crippen molar-refractivity contribution in [3.05, 3.63) is 36.7 Å². The summed E-state index contributed by atoms with van der Waals surface area (Å²) in [5.41, 5.74) is 0.208. The minimum Gasteiger partial charge on any atom is -0.478 e. The van der Waals surface area contributed by atoms with Gasteiger partial charge in [0.05, 0.1) is 12.8 Å². The standard InChI is InChI=1S/C11H11N5O2/c1-2-18-10-5-8(14-7-15-10)11(17)16-9-6-12-3-4-13-9/h3-7H,2H2,1H3,(H,13,16,17). The number of carbonyl (C=O) groups is 1. The topological polar surface area (TPSA) is 89.9 Å². The van der Waals surface area contributed by atoms with Gasteiger partial charge in [-0.1, -0.05) is 0 Å². The first-order valence-corrected chi connectivity index (χ1v) is 5.32. The third-order valence-electron chi connectivity index (χ3n) is 1.97. The number of amides is 1. The summed E-state index contributed by atoms with van der Waals surface area (Å²) in [5, 5.41) is 2.57. The van der Waals surface area contributed by atoms with Crippen molar-refractivity contribution in [2.45, 2.75) is 6.92 Å². The fourth-order valence-electron chi connectivity index (χ4n) is 1.23. The maximum absolute atomic E-state index is 11.8. The third kappa shape index (κ3) is 2.97. The summed E-state index contributed by atoms with van der Waals surface area (Å²) in [5.74, 6) is 0.328. The average Bonchev–Trinajstić information content (AvgIpc) is 2.40. The Balaban J connectivity index is 2.11. The zero-order valence-electron chi connectivity index (χ0n) is 9.70. The van der Waals surface area contributed by atoms with Gasteiger partial charge in [-0.3, -0.25) is 9.78 Å². The summed E-state index contributed by atoms with van der Waals surface area (Å²) >= 11 is 0. The Bertz CT molecular complexity index is 532. The summed E-state index contributed by atoms with van der Waals surface area (Å²) in [6, 6.07) is 1.47. The molecule has 0 radical (unpaired) electrons. The van der Waals surface area contributed by atoms with Crippen LogP contribution in [0.5, 0.6) is 5.88 Å². The predicted molar refractivity (Wildman–Crippen MR) is 63.2 cm³/mol. The lowest BCUT2D eigenvalue weighted by molar-refractivity contribution is 0.102. The van der Waals surface area contributed by atoms with Crippen molar-refractivity contribution in [3.8, 4) is 5.88 Å². The van der Waals surface area contributed by atoms with Crippen LogP contribution in [0.15, 0.2) is 31.0 Å². The summed E-state index contributed by atoms with van der Waals surface area (Å²) in [7, 11) is 0. The van der Waals surface area contributed by atoms with E-state index in [4.69, 9.17) is 4.74 Å². The molecule has 2 aromatic rings. The molecule has 0 saturated carbocycles. The Labute approximate surface area is 103 Å². The molecule has 0 saturated heterocycles. The largest absolute Gasteiger partial charge is 0.478 e. The highest BCUT2D eigenvalue weighted by atomic mass is 16.5. The van der Waals surface area contributed by atoms with Gasteiger partial charge in [0.2, 0.25) is 5.88 Å². The molecule has 92 valence electrons. The fraction of sp³-hybridized carbons (Fsp3) is 0.182. The molecule has 0 atom stereocenters. The Kier molecular flexibility index (Phi) is 3.75. The first-order chi connectivity index (χ1) is 8.79. The maximum Gasteiger partial charge on any atom is 0.275 e. The lowest BCUT2D eigenvalue weighted by Gasteiger charge is -2.04. The molecular weight excluding hydrogens is 234 g/mol. The van der Waals surface area contributed by atoms with E-state index in [-0.39, 0.29) is 11.6 Å². The molecule has 0 bridgehead atoms. The van der Waals surface area contributed by atoms with Crippen LogP contribution in [0.25, 0.3) is 0 Å². The van der Waals surface area contributed by atoms with Gasteiger partial charge in [-0.25, -0.2) is 15.0 Å². The van der Waals surface area contributed by atoms with Crippen LogP contribution >= 0.6 is 0 Å². The number of nitrogens with one attached hydrogen (secondary N) is 1. The Morgan fingerprint density at radius 1 is 1.33 bits per heavy atom. The molecule has 7 heteroatoms. The highest BCUT2D eigenvalue weighted by Crippen LogP contribution is 2.08. The van der Waals surface area contributed by atoms with Crippen LogP contribution in [0.4, 0.5) is 5.82 Å². The molecule has 1 N–H and O–H groups in total. The zero-order valence-corrected chi connectivity index (χ0v) is 9.70. The predicted octanol–water partition coefficient (Wildman–Crippen LogP) is 0.918. The molecule has 0 aliphatic heterocycles. The van der Waals surface area contributed by atoms with Gasteiger partial charge in [-0.05, 0) is 6.92 Å². The number of aromatic nitrogens is 4. The molecule has 0 aromatic carbocycles. The van der Waals surface area contributed by atoms with Crippen molar-refractivity contribution < 1.29 is 9.53 Å². The highest BCUT2D eigenvalue weighted by Gasteiger charge is 2.10. The molecule has 0 aliphatic carbocycles. The van der Waals surface area contributed by atoms with E-state index in [2.05, 4.69) is 25.3 Å². The summed E-state index contributed by atoms with van der Waals surface area (Å²) in [4.78, 5) is 27.4. The van der Waals surface area contributed by atoms with Crippen molar-refractivity contribution in [2.75, 3.05) is 11.9 Å². The second kappa shape index (κ2) is 5.67. The van der Waals surface area contributed by atoms with Crippen LogP contribution in [0, 0.1) is 0 Å². The van der Waals surface area contributed by atoms with Crippen LogP contribution in [0.2, 0.25) is 0 Å². The molecule has 2 aromatic heterocycles. The smallest absolute Gasteiger partial charge is 0.275 e. The van der Waals surface area contributed by atoms with Gasteiger partial charge in [0.1, 0.15) is 12.0 Å². The molecular formula is C11H11N5O2. The van der Waals surface area contributed by atoms with Crippen LogP contribution in [-0.4, -0.2) is 32.4 Å². The molecule has 2 rings (SSSR count). The number of ether oxygens (including phenoxy) is 1. The summed E-state index contributed by atoms with van der Waals surface area (Å²) in [6.45, 7) is 2.31. The highest BCUT2D eigenvalue weighted by molar-refractivity contribution is 6.02. The van der Waals surface area contributed by atoms with Crippen molar-refractivity contribution in [2.24, 2.45) is 0 Å². The van der Waals surface area contributed by atoms with E-state index < -0.39 is 0 Å². The normalized spacial score (nSPS) is 9.83. The van der Waals surface area contributed by atoms with E-state index in [0.29, 0.717) is 18.3 Å². The van der Waals surface area contributed by atoms with Crippen molar-refractivity contribution in [1.29, 1.82) is 0 Å². The van der Waals surface area contributed by atoms with Gasteiger partial charge in [-0.2, -0.15) is 0 Å². The van der Waals surface area contributed by atoms with Crippen LogP contribution in [-0.2, 0) is 0 Å². The van der Waals surface area contributed by atoms with Crippen LogP contribution in [0.3, 0.4) is 0 Å². The molecule has 7 nitrogen and oxygen atoms in total. The Morgan fingerprint density at radius 3 is 2.94 bits per heavy atom. The number of rotatable bonds is 4. The molecule has 0 aliphatic rings. The van der Waals surface area contributed by atoms with Gasteiger partial charge in [0.15, 0.2) is 5.82 Å². The van der Waals surface area contributed by atoms with E-state index in [9.17, 15) is 4.79 Å². The zero-order chi connectivity index (χ0) is 12.8. The lowest BCUT2D eigenvalue weighted by atomic mass is 10.3.